The Morgan fingerprint density at radius 2 is 1.65 bits per heavy atom. The van der Waals surface area contributed by atoms with Gasteiger partial charge in [0.25, 0.3) is 0 Å². The number of carbonyl (C=O) groups excluding carboxylic acids is 2. The van der Waals surface area contributed by atoms with E-state index in [9.17, 15) is 9.59 Å². The van der Waals surface area contributed by atoms with Gasteiger partial charge in [-0.3, -0.25) is 9.59 Å². The molecule has 3 rings (SSSR count). The third-order valence-corrected chi connectivity index (χ3v) is 3.93. The fraction of sp³-hybridized carbons (Fsp3) is 0.211. The lowest BCUT2D eigenvalue weighted by molar-refractivity contribution is -0.121. The number of rotatable bonds is 7. The topological polar surface area (TPSA) is 89.8 Å². The van der Waals surface area contributed by atoms with Crippen LogP contribution in [-0.2, 0) is 4.79 Å². The molecule has 1 aromatic heterocycles. The van der Waals surface area contributed by atoms with Gasteiger partial charge in [-0.15, -0.1) is 5.10 Å². The van der Waals surface area contributed by atoms with Crippen molar-refractivity contribution in [2.45, 2.75) is 25.8 Å². The lowest BCUT2D eigenvalue weighted by Crippen LogP contribution is -2.29. The zero-order chi connectivity index (χ0) is 18.4. The molecular formula is C19H19N5O2. The summed E-state index contributed by atoms with van der Waals surface area (Å²) < 4.78 is 1.58. The monoisotopic (exact) mass is 349 g/mol. The minimum Gasteiger partial charge on any atom is -0.346 e. The molecule has 132 valence electrons. The highest BCUT2D eigenvalue weighted by molar-refractivity contribution is 5.97. The third-order valence-electron chi connectivity index (χ3n) is 3.93. The van der Waals surface area contributed by atoms with Crippen LogP contribution in [0, 0.1) is 0 Å². The average molecular weight is 349 g/mol. The van der Waals surface area contributed by atoms with Gasteiger partial charge in [-0.05, 0) is 29.5 Å². The molecule has 7 nitrogen and oxygen atoms in total. The number of Topliss-reactive ketones (excluding diaryl/α,β-unsaturated/α-hetero) is 1. The smallest absolute Gasteiger partial charge is 0.221 e. The summed E-state index contributed by atoms with van der Waals surface area (Å²) in [5.74, 6) is 0.255. The maximum Gasteiger partial charge on any atom is 0.221 e. The van der Waals surface area contributed by atoms with E-state index in [-0.39, 0.29) is 30.6 Å². The summed E-state index contributed by atoms with van der Waals surface area (Å²) >= 11 is 0. The van der Waals surface area contributed by atoms with Crippen LogP contribution in [0.5, 0.6) is 0 Å². The maximum absolute atomic E-state index is 12.2. The molecule has 0 radical (unpaired) electrons. The van der Waals surface area contributed by atoms with Gasteiger partial charge in [0.05, 0.1) is 11.7 Å². The molecule has 1 heterocycles. The largest absolute Gasteiger partial charge is 0.346 e. The van der Waals surface area contributed by atoms with Gasteiger partial charge in [0.15, 0.2) is 11.6 Å². The number of hydrogen-bond acceptors (Lipinski definition) is 5. The first-order valence-corrected chi connectivity index (χ1v) is 8.36. The molecule has 0 aliphatic carbocycles. The molecule has 2 aromatic carbocycles. The summed E-state index contributed by atoms with van der Waals surface area (Å²) in [6.45, 7) is 1.81. The second kappa shape index (κ2) is 8.15. The molecule has 26 heavy (non-hydrogen) atoms. The molecule has 0 fully saturated rings. The molecular weight excluding hydrogens is 330 g/mol. The highest BCUT2D eigenvalue weighted by Crippen LogP contribution is 2.14. The lowest BCUT2D eigenvalue weighted by Gasteiger charge is -2.13. The van der Waals surface area contributed by atoms with Crippen molar-refractivity contribution >= 4 is 11.7 Å². The van der Waals surface area contributed by atoms with E-state index < -0.39 is 0 Å². The van der Waals surface area contributed by atoms with Crippen LogP contribution in [0.2, 0.25) is 0 Å². The standard InChI is InChI=1S/C19H19N5O2/c1-14(19-21-22-23-24(19)16-10-6-3-7-11-16)20-18(26)13-12-17(25)15-8-4-2-5-9-15/h2-11,14H,12-13H2,1H3,(H,20,26)/t14-/m1/s1. The van der Waals surface area contributed by atoms with Gasteiger partial charge in [-0.25, -0.2) is 0 Å². The summed E-state index contributed by atoms with van der Waals surface area (Å²) in [6, 6.07) is 18.0. The Balaban J connectivity index is 1.59. The molecule has 7 heteroatoms. The molecule has 0 unspecified atom stereocenters. The lowest BCUT2D eigenvalue weighted by atomic mass is 10.1. The number of carbonyl (C=O) groups is 2. The van der Waals surface area contributed by atoms with Crippen molar-refractivity contribution in [2.24, 2.45) is 0 Å². The first-order chi connectivity index (χ1) is 12.6. The minimum atomic E-state index is -0.385. The van der Waals surface area contributed by atoms with E-state index in [0.29, 0.717) is 11.4 Å². The van der Waals surface area contributed by atoms with E-state index in [1.165, 1.54) is 0 Å². The Hall–Kier alpha value is -3.35. The Bertz CT molecular complexity index is 877. The van der Waals surface area contributed by atoms with Gasteiger partial charge < -0.3 is 5.32 Å². The van der Waals surface area contributed by atoms with Crippen LogP contribution < -0.4 is 5.32 Å². The second-order valence-electron chi connectivity index (χ2n) is 5.86. The Morgan fingerprint density at radius 1 is 1.00 bits per heavy atom. The summed E-state index contributed by atoms with van der Waals surface area (Å²) in [5, 5.41) is 14.5. The van der Waals surface area contributed by atoms with Crippen molar-refractivity contribution in [2.75, 3.05) is 0 Å². The Labute approximate surface area is 151 Å². The van der Waals surface area contributed by atoms with Crippen molar-refractivity contribution in [3.05, 3.63) is 72.1 Å². The maximum atomic E-state index is 12.2. The number of amides is 1. The summed E-state index contributed by atoms with van der Waals surface area (Å²) in [7, 11) is 0. The van der Waals surface area contributed by atoms with E-state index in [1.807, 2.05) is 43.3 Å². The summed E-state index contributed by atoms with van der Waals surface area (Å²) in [4.78, 5) is 24.3. The van der Waals surface area contributed by atoms with Crippen LogP contribution in [0.15, 0.2) is 60.7 Å². The predicted molar refractivity (Wildman–Crippen MR) is 95.7 cm³/mol. The van der Waals surface area contributed by atoms with Gasteiger partial charge in [0.2, 0.25) is 5.91 Å². The van der Waals surface area contributed by atoms with Crippen LogP contribution in [0.25, 0.3) is 5.69 Å². The van der Waals surface area contributed by atoms with Gasteiger partial charge in [-0.2, -0.15) is 4.68 Å². The molecule has 0 aliphatic heterocycles. The van der Waals surface area contributed by atoms with Crippen molar-refractivity contribution < 1.29 is 9.59 Å². The summed E-state index contributed by atoms with van der Waals surface area (Å²) in [6.07, 6.45) is 0.275. The molecule has 0 saturated heterocycles. The first kappa shape index (κ1) is 17.5. The fourth-order valence-corrected chi connectivity index (χ4v) is 2.59. The number of nitrogens with one attached hydrogen (secondary N) is 1. The van der Waals surface area contributed by atoms with E-state index in [2.05, 4.69) is 20.8 Å². The van der Waals surface area contributed by atoms with E-state index in [0.717, 1.165) is 5.69 Å². The molecule has 0 saturated carbocycles. The van der Waals surface area contributed by atoms with Gasteiger partial charge in [-0.1, -0.05) is 48.5 Å². The number of tetrazole rings is 1. The van der Waals surface area contributed by atoms with Crippen LogP contribution in [-0.4, -0.2) is 31.9 Å². The van der Waals surface area contributed by atoms with Crippen molar-refractivity contribution in [3.63, 3.8) is 0 Å². The Kier molecular flexibility index (Phi) is 5.48. The van der Waals surface area contributed by atoms with Crippen molar-refractivity contribution in [1.82, 2.24) is 25.5 Å². The summed E-state index contributed by atoms with van der Waals surface area (Å²) in [5.41, 5.74) is 1.43. The number of nitrogens with zero attached hydrogens (tertiary/aromatic N) is 4. The van der Waals surface area contributed by atoms with Gasteiger partial charge >= 0.3 is 0 Å². The number of para-hydroxylation sites is 1. The van der Waals surface area contributed by atoms with E-state index >= 15 is 0 Å². The Morgan fingerprint density at radius 3 is 2.35 bits per heavy atom. The zero-order valence-electron chi connectivity index (χ0n) is 14.4. The minimum absolute atomic E-state index is 0.0532. The molecule has 0 bridgehead atoms. The van der Waals surface area contributed by atoms with Crippen LogP contribution in [0.3, 0.4) is 0 Å². The molecule has 0 spiro atoms. The van der Waals surface area contributed by atoms with Crippen LogP contribution in [0.4, 0.5) is 0 Å². The SMILES string of the molecule is C[C@@H](NC(=O)CCC(=O)c1ccccc1)c1nnnn1-c1ccccc1. The highest BCUT2D eigenvalue weighted by Gasteiger charge is 2.18. The number of hydrogen-bond donors (Lipinski definition) is 1. The predicted octanol–water partition coefficient (Wildman–Crippen LogP) is 2.50. The fourth-order valence-electron chi connectivity index (χ4n) is 2.59. The van der Waals surface area contributed by atoms with Crippen LogP contribution in [0.1, 0.15) is 42.0 Å². The molecule has 0 aliphatic rings. The molecule has 3 aromatic rings. The van der Waals surface area contributed by atoms with E-state index in [1.54, 1.807) is 28.9 Å². The van der Waals surface area contributed by atoms with Crippen molar-refractivity contribution in [3.8, 4) is 5.69 Å². The number of ketones is 1. The van der Waals surface area contributed by atoms with Gasteiger partial charge in [0.1, 0.15) is 0 Å². The molecule has 1 atom stereocenters. The van der Waals surface area contributed by atoms with Crippen molar-refractivity contribution in [1.29, 1.82) is 0 Å². The normalized spacial score (nSPS) is 11.7. The quantitative estimate of drug-likeness (QED) is 0.662. The number of aromatic nitrogens is 4. The highest BCUT2D eigenvalue weighted by atomic mass is 16.2. The molecule has 1 amide bonds. The number of benzene rings is 2. The third kappa shape index (κ3) is 4.18. The van der Waals surface area contributed by atoms with E-state index in [4.69, 9.17) is 0 Å². The van der Waals surface area contributed by atoms with Gasteiger partial charge in [0, 0.05) is 18.4 Å². The first-order valence-electron chi connectivity index (χ1n) is 8.36. The zero-order valence-corrected chi connectivity index (χ0v) is 14.4. The average Bonchev–Trinajstić information content (AvgIpc) is 3.17. The second-order valence-corrected chi connectivity index (χ2v) is 5.86. The van der Waals surface area contributed by atoms with Crippen LogP contribution >= 0.6 is 0 Å². The molecule has 1 N–H and O–H groups in total.